The maximum Gasteiger partial charge on any atom is 0.223 e. The molecule has 5 rings (SSSR count). The zero-order valence-corrected chi connectivity index (χ0v) is 21.2. The first-order valence-electron chi connectivity index (χ1n) is 13.2. The summed E-state index contributed by atoms with van der Waals surface area (Å²) in [5.41, 5.74) is 4.86. The van der Waals surface area contributed by atoms with Crippen LogP contribution in [-0.2, 0) is 4.79 Å². The summed E-state index contributed by atoms with van der Waals surface area (Å²) in [6, 6.07) is 20.6. The molecule has 1 aromatic heterocycles. The molecule has 1 amide bonds. The number of nitrogens with one attached hydrogen (secondary N) is 2. The van der Waals surface area contributed by atoms with E-state index in [1.807, 2.05) is 4.90 Å². The highest BCUT2D eigenvalue weighted by Gasteiger charge is 2.23. The summed E-state index contributed by atoms with van der Waals surface area (Å²) in [7, 11) is 0. The molecule has 2 fully saturated rings. The molecule has 186 valence electrons. The molecule has 3 heterocycles. The number of para-hydroxylation sites is 1. The van der Waals surface area contributed by atoms with Crippen molar-refractivity contribution in [1.82, 2.24) is 20.1 Å². The van der Waals surface area contributed by atoms with Crippen LogP contribution < -0.4 is 10.2 Å². The van der Waals surface area contributed by atoms with Gasteiger partial charge >= 0.3 is 0 Å². The van der Waals surface area contributed by atoms with Crippen LogP contribution in [0.3, 0.4) is 0 Å². The first kappa shape index (κ1) is 23.9. The standard InChI is InChI=1S/C29H39N5O/c1-22(2)32-16-18-34(19-17-32)29(35)10-13-30-25-11-14-33(15-12-25)26-8-5-7-23(20-26)28-21-24-6-3-4-9-27(24)31-28/h3-9,20-22,25,30-31H,10-19H2,1-2H3. The molecule has 6 heteroatoms. The number of fused-ring (bicyclic) bond motifs is 1. The molecule has 0 aliphatic carbocycles. The summed E-state index contributed by atoms with van der Waals surface area (Å²) in [6.07, 6.45) is 2.82. The van der Waals surface area contributed by atoms with E-state index in [0.29, 0.717) is 24.4 Å². The van der Waals surface area contributed by atoms with E-state index in [-0.39, 0.29) is 0 Å². The van der Waals surface area contributed by atoms with Gasteiger partial charge < -0.3 is 20.1 Å². The molecular weight excluding hydrogens is 434 g/mol. The Bertz CT molecular complexity index is 1090. The Balaban J connectivity index is 1.08. The predicted octanol–water partition coefficient (Wildman–Crippen LogP) is 4.34. The number of aromatic nitrogens is 1. The number of nitrogens with zero attached hydrogens (tertiary/aromatic N) is 3. The number of hydrogen-bond donors (Lipinski definition) is 2. The molecule has 2 N–H and O–H groups in total. The normalized spacial score (nSPS) is 18.0. The predicted molar refractivity (Wildman–Crippen MR) is 145 cm³/mol. The van der Waals surface area contributed by atoms with Crippen molar-refractivity contribution in [3.63, 3.8) is 0 Å². The van der Waals surface area contributed by atoms with Crippen LogP contribution in [0.2, 0.25) is 0 Å². The van der Waals surface area contributed by atoms with Gasteiger partial charge in [0, 0.05) is 86.6 Å². The van der Waals surface area contributed by atoms with Crippen molar-refractivity contribution in [2.24, 2.45) is 0 Å². The summed E-state index contributed by atoms with van der Waals surface area (Å²) in [6.45, 7) is 11.1. The van der Waals surface area contributed by atoms with E-state index in [2.05, 4.69) is 88.5 Å². The Labute approximate surface area is 209 Å². The van der Waals surface area contributed by atoms with E-state index < -0.39 is 0 Å². The van der Waals surface area contributed by atoms with Gasteiger partial charge in [0.2, 0.25) is 5.91 Å². The quantitative estimate of drug-likeness (QED) is 0.536. The van der Waals surface area contributed by atoms with Gasteiger partial charge in [-0.05, 0) is 56.5 Å². The van der Waals surface area contributed by atoms with Crippen LogP contribution in [0.4, 0.5) is 5.69 Å². The van der Waals surface area contributed by atoms with Crippen molar-refractivity contribution in [1.29, 1.82) is 0 Å². The zero-order chi connectivity index (χ0) is 24.2. The van der Waals surface area contributed by atoms with Crippen LogP contribution in [0.5, 0.6) is 0 Å². The summed E-state index contributed by atoms with van der Waals surface area (Å²) >= 11 is 0. The van der Waals surface area contributed by atoms with E-state index in [0.717, 1.165) is 58.7 Å². The fourth-order valence-electron chi connectivity index (χ4n) is 5.47. The third-order valence-corrected chi connectivity index (χ3v) is 7.72. The van der Waals surface area contributed by atoms with E-state index >= 15 is 0 Å². The molecule has 2 aromatic carbocycles. The lowest BCUT2D eigenvalue weighted by Crippen LogP contribution is -2.51. The topological polar surface area (TPSA) is 54.6 Å². The van der Waals surface area contributed by atoms with Crippen molar-refractivity contribution in [2.45, 2.75) is 45.2 Å². The van der Waals surface area contributed by atoms with E-state index in [4.69, 9.17) is 0 Å². The lowest BCUT2D eigenvalue weighted by Gasteiger charge is -2.37. The first-order valence-corrected chi connectivity index (χ1v) is 13.2. The number of carbonyl (C=O) groups is 1. The molecule has 0 spiro atoms. The van der Waals surface area contributed by atoms with Crippen LogP contribution in [0.25, 0.3) is 22.2 Å². The second kappa shape index (κ2) is 10.8. The number of anilines is 1. The summed E-state index contributed by atoms with van der Waals surface area (Å²) in [5, 5.41) is 4.90. The van der Waals surface area contributed by atoms with Gasteiger partial charge in [-0.2, -0.15) is 0 Å². The third kappa shape index (κ3) is 5.71. The Hall–Kier alpha value is -2.83. The van der Waals surface area contributed by atoms with E-state index in [1.165, 1.54) is 27.8 Å². The maximum absolute atomic E-state index is 12.6. The van der Waals surface area contributed by atoms with Gasteiger partial charge in [0.1, 0.15) is 0 Å². The highest BCUT2D eigenvalue weighted by Crippen LogP contribution is 2.28. The van der Waals surface area contributed by atoms with Crippen LogP contribution in [-0.4, -0.2) is 78.6 Å². The number of carbonyl (C=O) groups excluding carboxylic acids is 1. The number of aromatic amines is 1. The van der Waals surface area contributed by atoms with Crippen molar-refractivity contribution < 1.29 is 4.79 Å². The minimum absolute atomic E-state index is 0.298. The number of H-pyrrole nitrogens is 1. The van der Waals surface area contributed by atoms with Gasteiger partial charge in [0.25, 0.3) is 0 Å². The van der Waals surface area contributed by atoms with Gasteiger partial charge in [-0.3, -0.25) is 9.69 Å². The smallest absolute Gasteiger partial charge is 0.223 e. The Kier molecular flexibility index (Phi) is 7.40. The molecular formula is C29H39N5O. The van der Waals surface area contributed by atoms with Crippen molar-refractivity contribution in [3.8, 4) is 11.3 Å². The molecule has 2 aliphatic heterocycles. The van der Waals surface area contributed by atoms with Gasteiger partial charge in [-0.25, -0.2) is 0 Å². The number of amides is 1. The summed E-state index contributed by atoms with van der Waals surface area (Å²) in [5.74, 6) is 0.298. The number of piperazine rings is 1. The first-order chi connectivity index (χ1) is 17.1. The average molecular weight is 474 g/mol. The molecule has 0 saturated carbocycles. The van der Waals surface area contributed by atoms with Crippen LogP contribution in [0, 0.1) is 0 Å². The van der Waals surface area contributed by atoms with E-state index in [9.17, 15) is 4.79 Å². The van der Waals surface area contributed by atoms with Crippen LogP contribution >= 0.6 is 0 Å². The second-order valence-corrected chi connectivity index (χ2v) is 10.3. The molecule has 0 atom stereocenters. The average Bonchev–Trinajstić information content (AvgIpc) is 3.34. The highest BCUT2D eigenvalue weighted by atomic mass is 16.2. The fourth-order valence-corrected chi connectivity index (χ4v) is 5.47. The van der Waals surface area contributed by atoms with Gasteiger partial charge in [-0.1, -0.05) is 30.3 Å². The fraction of sp³-hybridized carbons (Fsp3) is 0.483. The number of piperidine rings is 1. The largest absolute Gasteiger partial charge is 0.371 e. The summed E-state index contributed by atoms with van der Waals surface area (Å²) in [4.78, 5) is 23.2. The SMILES string of the molecule is CC(C)N1CCN(C(=O)CCNC2CCN(c3cccc(-c4cc5ccccc5[nH]4)c3)CC2)CC1. The van der Waals surface area contributed by atoms with E-state index in [1.54, 1.807) is 0 Å². The van der Waals surface area contributed by atoms with Crippen molar-refractivity contribution >= 4 is 22.5 Å². The number of benzene rings is 2. The lowest BCUT2D eigenvalue weighted by molar-refractivity contribution is -0.133. The monoisotopic (exact) mass is 473 g/mol. The lowest BCUT2D eigenvalue weighted by atomic mass is 10.0. The highest BCUT2D eigenvalue weighted by molar-refractivity contribution is 5.86. The zero-order valence-electron chi connectivity index (χ0n) is 21.2. The molecule has 0 bridgehead atoms. The molecule has 0 radical (unpaired) electrons. The maximum atomic E-state index is 12.6. The minimum Gasteiger partial charge on any atom is -0.371 e. The number of hydrogen-bond acceptors (Lipinski definition) is 4. The van der Waals surface area contributed by atoms with Crippen LogP contribution in [0.1, 0.15) is 33.1 Å². The van der Waals surface area contributed by atoms with Gasteiger partial charge in [0.05, 0.1) is 0 Å². The second-order valence-electron chi connectivity index (χ2n) is 10.3. The van der Waals surface area contributed by atoms with Gasteiger partial charge in [0.15, 0.2) is 0 Å². The molecule has 3 aromatic rings. The molecule has 2 aliphatic rings. The van der Waals surface area contributed by atoms with Crippen molar-refractivity contribution in [3.05, 3.63) is 54.6 Å². The summed E-state index contributed by atoms with van der Waals surface area (Å²) < 4.78 is 0. The molecule has 0 unspecified atom stereocenters. The van der Waals surface area contributed by atoms with Crippen LogP contribution in [0.15, 0.2) is 54.6 Å². The molecule has 35 heavy (non-hydrogen) atoms. The molecule has 2 saturated heterocycles. The Morgan fingerprint density at radius 2 is 1.74 bits per heavy atom. The Morgan fingerprint density at radius 3 is 2.49 bits per heavy atom. The van der Waals surface area contributed by atoms with Crippen molar-refractivity contribution in [2.75, 3.05) is 50.7 Å². The number of rotatable bonds is 7. The minimum atomic E-state index is 0.298. The van der Waals surface area contributed by atoms with Gasteiger partial charge in [-0.15, -0.1) is 0 Å². The molecule has 6 nitrogen and oxygen atoms in total. The Morgan fingerprint density at radius 1 is 0.971 bits per heavy atom. The third-order valence-electron chi connectivity index (χ3n) is 7.72.